The third kappa shape index (κ3) is 5.05. The van der Waals surface area contributed by atoms with Crippen molar-refractivity contribution in [3.63, 3.8) is 0 Å². The van der Waals surface area contributed by atoms with Gasteiger partial charge in [-0.05, 0) is 38.1 Å². The van der Waals surface area contributed by atoms with E-state index in [1.54, 1.807) is 0 Å². The molecule has 2 fully saturated rings. The Morgan fingerprint density at radius 1 is 1.13 bits per heavy atom. The molecule has 0 aliphatic heterocycles. The van der Waals surface area contributed by atoms with Crippen molar-refractivity contribution in [2.75, 3.05) is 13.7 Å². The van der Waals surface area contributed by atoms with Crippen molar-refractivity contribution in [2.24, 2.45) is 17.6 Å². The lowest BCUT2D eigenvalue weighted by molar-refractivity contribution is -0.146. The number of rotatable bonds is 5. The molecule has 0 amide bonds. The van der Waals surface area contributed by atoms with E-state index in [2.05, 4.69) is 4.72 Å². The number of carbonyl (C=O) groups is 1. The first kappa shape index (κ1) is 20.7. The molecular formula is C15H29ClN2O4S. The van der Waals surface area contributed by atoms with Gasteiger partial charge in [0, 0.05) is 6.04 Å². The summed E-state index contributed by atoms with van der Waals surface area (Å²) in [6.07, 6.45) is 6.75. The van der Waals surface area contributed by atoms with Gasteiger partial charge in [-0.2, -0.15) is 0 Å². The van der Waals surface area contributed by atoms with Crippen molar-refractivity contribution in [1.29, 1.82) is 0 Å². The van der Waals surface area contributed by atoms with E-state index in [-0.39, 0.29) is 24.4 Å². The van der Waals surface area contributed by atoms with Crippen molar-refractivity contribution in [3.8, 4) is 0 Å². The summed E-state index contributed by atoms with van der Waals surface area (Å²) >= 11 is 0. The van der Waals surface area contributed by atoms with Crippen LogP contribution in [0.5, 0.6) is 0 Å². The first-order chi connectivity index (χ1) is 10.5. The molecule has 136 valence electrons. The SMILES string of the molecule is COC(=O)C1CCCCC1S(=O)(=O)NC1CCCCC1CN.Cl. The van der Waals surface area contributed by atoms with E-state index in [1.165, 1.54) is 7.11 Å². The molecule has 2 rings (SSSR count). The maximum absolute atomic E-state index is 12.8. The number of ether oxygens (including phenoxy) is 1. The van der Waals surface area contributed by atoms with Gasteiger partial charge in [0.1, 0.15) is 0 Å². The summed E-state index contributed by atoms with van der Waals surface area (Å²) in [6, 6.07) is -0.0935. The summed E-state index contributed by atoms with van der Waals surface area (Å²) in [6.45, 7) is 0.498. The Kier molecular flexibility index (Phi) is 8.27. The van der Waals surface area contributed by atoms with Gasteiger partial charge in [-0.25, -0.2) is 13.1 Å². The molecule has 0 heterocycles. The minimum atomic E-state index is -3.54. The summed E-state index contributed by atoms with van der Waals surface area (Å²) in [4.78, 5) is 11.9. The first-order valence-corrected chi connectivity index (χ1v) is 9.83. The first-order valence-electron chi connectivity index (χ1n) is 8.28. The van der Waals surface area contributed by atoms with Crippen LogP contribution in [0.4, 0.5) is 0 Å². The predicted octanol–water partition coefficient (Wildman–Crippen LogP) is 1.58. The van der Waals surface area contributed by atoms with Gasteiger partial charge in [-0.1, -0.05) is 25.7 Å². The van der Waals surface area contributed by atoms with E-state index in [1.807, 2.05) is 0 Å². The highest BCUT2D eigenvalue weighted by molar-refractivity contribution is 7.90. The van der Waals surface area contributed by atoms with Crippen LogP contribution in [0.25, 0.3) is 0 Å². The molecule has 23 heavy (non-hydrogen) atoms. The van der Waals surface area contributed by atoms with Gasteiger partial charge in [-0.3, -0.25) is 4.79 Å². The highest BCUT2D eigenvalue weighted by Crippen LogP contribution is 2.32. The van der Waals surface area contributed by atoms with Gasteiger partial charge in [0.25, 0.3) is 0 Å². The average molecular weight is 369 g/mol. The highest BCUT2D eigenvalue weighted by atomic mass is 35.5. The van der Waals surface area contributed by atoms with Crippen LogP contribution in [-0.4, -0.2) is 39.3 Å². The second-order valence-electron chi connectivity index (χ2n) is 6.50. The maximum Gasteiger partial charge on any atom is 0.310 e. The van der Waals surface area contributed by atoms with Gasteiger partial charge >= 0.3 is 5.97 Å². The van der Waals surface area contributed by atoms with Crippen molar-refractivity contribution >= 4 is 28.4 Å². The molecule has 6 nitrogen and oxygen atoms in total. The van der Waals surface area contributed by atoms with Crippen molar-refractivity contribution in [1.82, 2.24) is 4.72 Å². The number of halogens is 1. The lowest BCUT2D eigenvalue weighted by Crippen LogP contribution is -2.51. The van der Waals surface area contributed by atoms with Gasteiger partial charge < -0.3 is 10.5 Å². The molecule has 0 aromatic carbocycles. The molecule has 2 saturated carbocycles. The molecule has 2 aliphatic rings. The molecule has 3 N–H and O–H groups in total. The third-order valence-corrected chi connectivity index (χ3v) is 7.13. The second-order valence-corrected chi connectivity index (χ2v) is 8.43. The number of esters is 1. The topological polar surface area (TPSA) is 98.5 Å². The number of nitrogens with two attached hydrogens (primary N) is 1. The van der Waals surface area contributed by atoms with Crippen LogP contribution in [0.15, 0.2) is 0 Å². The Hall–Kier alpha value is -0.370. The third-order valence-electron chi connectivity index (χ3n) is 5.13. The van der Waals surface area contributed by atoms with Crippen LogP contribution in [0, 0.1) is 11.8 Å². The average Bonchev–Trinajstić information content (AvgIpc) is 2.54. The zero-order valence-electron chi connectivity index (χ0n) is 13.7. The van der Waals surface area contributed by atoms with Crippen molar-refractivity contribution in [2.45, 2.75) is 62.7 Å². The van der Waals surface area contributed by atoms with Crippen molar-refractivity contribution in [3.05, 3.63) is 0 Å². The quantitative estimate of drug-likeness (QED) is 0.718. The Bertz CT molecular complexity index is 486. The molecule has 0 radical (unpaired) electrons. The van der Waals surface area contributed by atoms with Crippen LogP contribution >= 0.6 is 12.4 Å². The van der Waals surface area contributed by atoms with Crippen molar-refractivity contribution < 1.29 is 17.9 Å². The fraction of sp³-hybridized carbons (Fsp3) is 0.933. The molecule has 0 aromatic heterocycles. The zero-order valence-corrected chi connectivity index (χ0v) is 15.3. The summed E-state index contributed by atoms with van der Waals surface area (Å²) in [5.74, 6) is -0.756. The van der Waals surface area contributed by atoms with Gasteiger partial charge in [0.2, 0.25) is 10.0 Å². The highest BCUT2D eigenvalue weighted by Gasteiger charge is 2.41. The molecule has 0 aromatic rings. The summed E-state index contributed by atoms with van der Waals surface area (Å²) in [7, 11) is -2.22. The van der Waals surface area contributed by atoms with E-state index in [0.717, 1.165) is 38.5 Å². The Morgan fingerprint density at radius 2 is 1.74 bits per heavy atom. The van der Waals surface area contributed by atoms with Crippen LogP contribution in [-0.2, 0) is 19.6 Å². The largest absolute Gasteiger partial charge is 0.469 e. The normalized spacial score (nSPS) is 31.9. The van der Waals surface area contributed by atoms with Crippen LogP contribution in [0.1, 0.15) is 51.4 Å². The summed E-state index contributed by atoms with van der Waals surface area (Å²) < 4.78 is 33.2. The zero-order chi connectivity index (χ0) is 16.2. The number of methoxy groups -OCH3 is 1. The Labute approximate surface area is 145 Å². The number of carbonyl (C=O) groups excluding carboxylic acids is 1. The predicted molar refractivity (Wildman–Crippen MR) is 91.9 cm³/mol. The molecule has 4 unspecified atom stereocenters. The van der Waals surface area contributed by atoms with E-state index in [4.69, 9.17) is 10.5 Å². The number of hydrogen-bond acceptors (Lipinski definition) is 5. The van der Waals surface area contributed by atoms with Gasteiger partial charge in [0.15, 0.2) is 0 Å². The maximum atomic E-state index is 12.8. The second kappa shape index (κ2) is 9.20. The smallest absolute Gasteiger partial charge is 0.310 e. The fourth-order valence-electron chi connectivity index (χ4n) is 3.83. The standard InChI is InChI=1S/C15H28N2O4S.ClH/c1-21-15(18)12-7-3-5-9-14(12)22(19,20)17-13-8-4-2-6-11(13)10-16;/h11-14,17H,2-10,16H2,1H3;1H. The molecule has 0 saturated heterocycles. The van der Waals surface area contributed by atoms with Crippen LogP contribution < -0.4 is 10.5 Å². The Morgan fingerprint density at radius 3 is 2.39 bits per heavy atom. The van der Waals surface area contributed by atoms with Crippen LogP contribution in [0.2, 0.25) is 0 Å². The molecule has 8 heteroatoms. The van der Waals surface area contributed by atoms with Gasteiger partial charge in [-0.15, -0.1) is 12.4 Å². The van der Waals surface area contributed by atoms with E-state index in [0.29, 0.717) is 19.4 Å². The summed E-state index contributed by atoms with van der Waals surface area (Å²) in [5, 5.41) is -0.672. The van der Waals surface area contributed by atoms with E-state index in [9.17, 15) is 13.2 Å². The minimum Gasteiger partial charge on any atom is -0.469 e. The number of hydrogen-bond donors (Lipinski definition) is 2. The molecule has 4 atom stereocenters. The lowest BCUT2D eigenvalue weighted by Gasteiger charge is -2.35. The van der Waals surface area contributed by atoms with E-state index < -0.39 is 27.2 Å². The number of nitrogens with one attached hydrogen (secondary N) is 1. The summed E-state index contributed by atoms with van der Waals surface area (Å²) in [5.41, 5.74) is 5.78. The van der Waals surface area contributed by atoms with Crippen LogP contribution in [0.3, 0.4) is 0 Å². The minimum absolute atomic E-state index is 0. The molecule has 0 spiro atoms. The number of sulfonamides is 1. The fourth-order valence-corrected chi connectivity index (χ4v) is 5.90. The van der Waals surface area contributed by atoms with Gasteiger partial charge in [0.05, 0.1) is 18.3 Å². The Balaban J connectivity index is 0.00000264. The van der Waals surface area contributed by atoms with E-state index >= 15 is 0 Å². The monoisotopic (exact) mass is 368 g/mol. The molecule has 0 bridgehead atoms. The lowest BCUT2D eigenvalue weighted by atomic mass is 9.85. The molecular weight excluding hydrogens is 340 g/mol. The molecule has 2 aliphatic carbocycles.